The van der Waals surface area contributed by atoms with Gasteiger partial charge in [0.15, 0.2) is 0 Å². The molecule has 0 aromatic carbocycles. The highest BCUT2D eigenvalue weighted by Crippen LogP contribution is 2.30. The van der Waals surface area contributed by atoms with Crippen LogP contribution in [0.1, 0.15) is 38.7 Å². The molecule has 1 aliphatic rings. The zero-order valence-corrected chi connectivity index (χ0v) is 14.2. The summed E-state index contributed by atoms with van der Waals surface area (Å²) in [6.07, 6.45) is -1.10. The number of rotatable bonds is 3. The maximum atomic E-state index is 12.8. The van der Waals surface area contributed by atoms with Crippen LogP contribution < -0.4 is 10.9 Å². The molecular formula is C16H20ClF3N2O2. The first-order chi connectivity index (χ1) is 11.1. The molecule has 8 heteroatoms. The summed E-state index contributed by atoms with van der Waals surface area (Å²) >= 11 is 5.58. The van der Waals surface area contributed by atoms with Crippen molar-refractivity contribution in [1.29, 1.82) is 0 Å². The summed E-state index contributed by atoms with van der Waals surface area (Å²) in [5, 5.41) is 2.27. The number of nitrogens with zero attached hydrogens (tertiary/aromatic N) is 1. The van der Waals surface area contributed by atoms with Crippen molar-refractivity contribution < 1.29 is 18.0 Å². The van der Waals surface area contributed by atoms with E-state index in [4.69, 9.17) is 11.6 Å². The van der Waals surface area contributed by atoms with E-state index in [1.807, 2.05) is 6.92 Å². The summed E-state index contributed by atoms with van der Waals surface area (Å²) in [7, 11) is 0. The average molecular weight is 365 g/mol. The lowest BCUT2D eigenvalue weighted by atomic mass is 9.78. The van der Waals surface area contributed by atoms with Crippen molar-refractivity contribution >= 4 is 17.5 Å². The van der Waals surface area contributed by atoms with E-state index in [1.54, 1.807) is 0 Å². The highest BCUT2D eigenvalue weighted by molar-refractivity contribution is 6.30. The van der Waals surface area contributed by atoms with Crippen molar-refractivity contribution in [1.82, 2.24) is 9.88 Å². The molecular weight excluding hydrogens is 345 g/mol. The smallest absolute Gasteiger partial charge is 0.352 e. The first-order valence-electron chi connectivity index (χ1n) is 7.86. The Bertz CT molecular complexity index is 672. The van der Waals surface area contributed by atoms with Gasteiger partial charge in [-0.1, -0.05) is 38.3 Å². The molecule has 134 valence electrons. The Labute approximate surface area is 143 Å². The molecule has 24 heavy (non-hydrogen) atoms. The molecule has 1 heterocycles. The van der Waals surface area contributed by atoms with Crippen molar-refractivity contribution in [3.63, 3.8) is 0 Å². The SMILES string of the molecule is C[C@H]1[C@H](C)CCC[C@H]1NC(=O)Cn1cc(C(F)(F)F)cc(Cl)c1=O. The fourth-order valence-electron chi connectivity index (χ4n) is 3.06. The van der Waals surface area contributed by atoms with Gasteiger partial charge in [-0.05, 0) is 24.3 Å². The molecule has 1 saturated carbocycles. The van der Waals surface area contributed by atoms with Crippen LogP contribution in [0.2, 0.25) is 5.02 Å². The van der Waals surface area contributed by atoms with Crippen molar-refractivity contribution in [2.45, 2.75) is 51.9 Å². The molecule has 2 rings (SSSR count). The minimum Gasteiger partial charge on any atom is -0.352 e. The molecule has 1 aliphatic carbocycles. The number of amides is 1. The van der Waals surface area contributed by atoms with E-state index in [0.29, 0.717) is 22.7 Å². The van der Waals surface area contributed by atoms with Crippen LogP contribution in [0.3, 0.4) is 0 Å². The molecule has 0 spiro atoms. The lowest BCUT2D eigenvalue weighted by molar-refractivity contribution is -0.138. The molecule has 0 bridgehead atoms. The molecule has 3 atom stereocenters. The maximum absolute atomic E-state index is 12.8. The largest absolute Gasteiger partial charge is 0.417 e. The van der Waals surface area contributed by atoms with Crippen LogP contribution in [0.4, 0.5) is 13.2 Å². The van der Waals surface area contributed by atoms with Gasteiger partial charge in [0, 0.05) is 12.2 Å². The molecule has 1 aromatic heterocycles. The number of pyridine rings is 1. The summed E-state index contributed by atoms with van der Waals surface area (Å²) in [5.74, 6) is 0.262. The van der Waals surface area contributed by atoms with Crippen molar-refractivity contribution in [3.05, 3.63) is 33.2 Å². The predicted octanol–water partition coefficient (Wildman–Crippen LogP) is 3.46. The van der Waals surface area contributed by atoms with E-state index in [9.17, 15) is 22.8 Å². The van der Waals surface area contributed by atoms with Gasteiger partial charge in [-0.2, -0.15) is 13.2 Å². The standard InChI is InChI=1S/C16H20ClF3N2O2/c1-9-4-3-5-13(10(9)2)21-14(23)8-22-7-11(16(18,19)20)6-12(17)15(22)24/h6-7,9-10,13H,3-5,8H2,1-2H3,(H,21,23)/t9-,10+,13-/m1/s1. The predicted molar refractivity (Wildman–Crippen MR) is 84.8 cm³/mol. The topological polar surface area (TPSA) is 51.1 Å². The number of carbonyl (C=O) groups is 1. The Morgan fingerprint density at radius 1 is 1.38 bits per heavy atom. The fourth-order valence-corrected chi connectivity index (χ4v) is 3.29. The number of alkyl halides is 3. The van der Waals surface area contributed by atoms with Gasteiger partial charge < -0.3 is 9.88 Å². The molecule has 1 amide bonds. The molecule has 0 radical (unpaired) electrons. The van der Waals surface area contributed by atoms with Crippen molar-refractivity contribution in [3.8, 4) is 0 Å². The van der Waals surface area contributed by atoms with Crippen LogP contribution in [0.5, 0.6) is 0 Å². The van der Waals surface area contributed by atoms with Crippen molar-refractivity contribution in [2.75, 3.05) is 0 Å². The number of carbonyl (C=O) groups excluding carboxylic acids is 1. The van der Waals surface area contributed by atoms with Crippen LogP contribution in [-0.2, 0) is 17.5 Å². The Kier molecular flexibility index (Phi) is 5.63. The molecule has 0 aliphatic heterocycles. The van der Waals surface area contributed by atoms with Crippen molar-refractivity contribution in [2.24, 2.45) is 11.8 Å². The Hall–Kier alpha value is -1.50. The highest BCUT2D eigenvalue weighted by atomic mass is 35.5. The third-order valence-corrected chi connectivity index (χ3v) is 5.01. The monoisotopic (exact) mass is 364 g/mol. The first-order valence-corrected chi connectivity index (χ1v) is 8.24. The maximum Gasteiger partial charge on any atom is 0.417 e. The summed E-state index contributed by atoms with van der Waals surface area (Å²) in [5.41, 5.74) is -1.87. The van der Waals surface area contributed by atoms with Gasteiger partial charge in [-0.15, -0.1) is 0 Å². The van der Waals surface area contributed by atoms with Crippen LogP contribution in [-0.4, -0.2) is 16.5 Å². The minimum atomic E-state index is -4.64. The van der Waals surface area contributed by atoms with E-state index >= 15 is 0 Å². The van der Waals surface area contributed by atoms with Gasteiger partial charge in [0.25, 0.3) is 5.56 Å². The van der Waals surface area contributed by atoms with Gasteiger partial charge in [-0.3, -0.25) is 9.59 Å². The van der Waals surface area contributed by atoms with Crippen LogP contribution >= 0.6 is 11.6 Å². The number of nitrogens with one attached hydrogen (secondary N) is 1. The van der Waals surface area contributed by atoms with Gasteiger partial charge in [0.2, 0.25) is 5.91 Å². The van der Waals surface area contributed by atoms with Crippen LogP contribution in [0, 0.1) is 11.8 Å². The normalized spacial score (nSPS) is 24.7. The third kappa shape index (κ3) is 4.32. The molecule has 1 aromatic rings. The van der Waals surface area contributed by atoms with Gasteiger partial charge in [0.1, 0.15) is 11.6 Å². The lowest BCUT2D eigenvalue weighted by Gasteiger charge is -2.34. The zero-order valence-electron chi connectivity index (χ0n) is 13.5. The zero-order chi connectivity index (χ0) is 18.1. The molecule has 4 nitrogen and oxygen atoms in total. The van der Waals surface area contributed by atoms with Crippen LogP contribution in [0.15, 0.2) is 17.1 Å². The van der Waals surface area contributed by atoms with E-state index in [0.717, 1.165) is 19.3 Å². The summed E-state index contributed by atoms with van der Waals surface area (Å²) in [6.45, 7) is 3.67. The Morgan fingerprint density at radius 2 is 2.04 bits per heavy atom. The molecule has 1 N–H and O–H groups in total. The Balaban J connectivity index is 2.14. The summed E-state index contributed by atoms with van der Waals surface area (Å²) in [4.78, 5) is 24.0. The third-order valence-electron chi connectivity index (χ3n) is 4.74. The van der Waals surface area contributed by atoms with Gasteiger partial charge in [0.05, 0.1) is 5.56 Å². The van der Waals surface area contributed by atoms with E-state index in [1.165, 1.54) is 0 Å². The molecule has 0 saturated heterocycles. The fraction of sp³-hybridized carbons (Fsp3) is 0.625. The van der Waals surface area contributed by atoms with E-state index in [2.05, 4.69) is 12.2 Å². The first kappa shape index (κ1) is 18.8. The second kappa shape index (κ2) is 7.17. The lowest BCUT2D eigenvalue weighted by Crippen LogP contribution is -2.45. The summed E-state index contributed by atoms with van der Waals surface area (Å²) in [6, 6.07) is 0.543. The number of halogens is 4. The quantitative estimate of drug-likeness (QED) is 0.893. The number of hydrogen-bond donors (Lipinski definition) is 1. The number of aromatic nitrogens is 1. The van der Waals surface area contributed by atoms with E-state index < -0.39 is 34.8 Å². The second-order valence-electron chi connectivity index (χ2n) is 6.45. The Morgan fingerprint density at radius 3 is 2.67 bits per heavy atom. The van der Waals surface area contributed by atoms with Gasteiger partial charge >= 0.3 is 6.18 Å². The van der Waals surface area contributed by atoms with Crippen LogP contribution in [0.25, 0.3) is 0 Å². The minimum absolute atomic E-state index is 0.0294. The molecule has 1 fully saturated rings. The molecule has 0 unspecified atom stereocenters. The average Bonchev–Trinajstić information content (AvgIpc) is 2.47. The highest BCUT2D eigenvalue weighted by Gasteiger charge is 2.32. The second-order valence-corrected chi connectivity index (χ2v) is 6.86. The number of hydrogen-bond acceptors (Lipinski definition) is 2. The van der Waals surface area contributed by atoms with Gasteiger partial charge in [-0.25, -0.2) is 0 Å². The summed E-state index contributed by atoms with van der Waals surface area (Å²) < 4.78 is 39.1. The van der Waals surface area contributed by atoms with E-state index in [-0.39, 0.29) is 12.0 Å².